The van der Waals surface area contributed by atoms with Crippen LogP contribution in [0.3, 0.4) is 0 Å². The molecule has 0 saturated carbocycles. The van der Waals surface area contributed by atoms with Gasteiger partial charge in [0.15, 0.2) is 0 Å². The van der Waals surface area contributed by atoms with Crippen molar-refractivity contribution in [2.24, 2.45) is 0 Å². The molecule has 0 heterocycles. The molecule has 0 amide bonds. The van der Waals surface area contributed by atoms with Crippen LogP contribution >= 0.6 is 38.4 Å². The molecule has 0 fully saturated rings. The van der Waals surface area contributed by atoms with Crippen LogP contribution < -0.4 is 15.9 Å². The van der Waals surface area contributed by atoms with Gasteiger partial charge in [-0.15, -0.1) is 18.8 Å². The molecule has 0 spiro atoms. The fraction of sp³-hybridized carbons (Fsp3) is 0.312. The molecule has 198 valence electrons. The first-order valence-electron chi connectivity index (χ1n) is 12.3. The molecule has 0 bridgehead atoms. The Balaban J connectivity index is 0.000000678. The van der Waals surface area contributed by atoms with Gasteiger partial charge in [-0.2, -0.15) is 6.07 Å². The van der Waals surface area contributed by atoms with Gasteiger partial charge in [-0.1, -0.05) is 125 Å². The van der Waals surface area contributed by atoms with E-state index < -0.39 is 7.92 Å². The Morgan fingerprint density at radius 2 is 1.00 bits per heavy atom. The molecule has 0 radical (unpaired) electrons. The quantitative estimate of drug-likeness (QED) is 0.0655. The Bertz CT molecular complexity index is 1060. The standard InChI is InChI=1S/C27H34IP2.C5H5.Fe/c1-25(2,3)30(26(4,5)6)24-20-14-19-23(24)27(7,28)29(21-15-10-8-11-16-21)22-17-12-9-13-18-22;1-2-4-5-3-1;/h8-20H,1-7H3;1-5H;/q-1;-5;. The van der Waals surface area contributed by atoms with Crippen molar-refractivity contribution < 1.29 is 17.1 Å². The Labute approximate surface area is 246 Å². The summed E-state index contributed by atoms with van der Waals surface area (Å²) in [5.41, 5.74) is 1.53. The average Bonchev–Trinajstić information content (AvgIpc) is 3.49. The van der Waals surface area contributed by atoms with E-state index in [9.17, 15) is 0 Å². The molecular weight excluding hydrogens is 629 g/mol. The van der Waals surface area contributed by atoms with Crippen molar-refractivity contribution in [1.29, 1.82) is 0 Å². The summed E-state index contributed by atoms with van der Waals surface area (Å²) in [4.78, 5) is 0. The number of halogens is 1. The van der Waals surface area contributed by atoms with Gasteiger partial charge in [0.05, 0.1) is 0 Å². The number of alkyl halides is 1. The maximum absolute atomic E-state index is 2.76. The largest absolute Gasteiger partial charge is 0.748 e. The smallest absolute Gasteiger partial charge is 0.0498 e. The molecule has 0 aliphatic heterocycles. The van der Waals surface area contributed by atoms with Gasteiger partial charge >= 0.3 is 0 Å². The van der Waals surface area contributed by atoms with Crippen molar-refractivity contribution in [3.05, 3.63) is 115 Å². The number of hydrogen-bond donors (Lipinski definition) is 0. The summed E-state index contributed by atoms with van der Waals surface area (Å²) in [5.74, 6) is 0. The van der Waals surface area contributed by atoms with Crippen LogP contribution in [0.4, 0.5) is 0 Å². The summed E-state index contributed by atoms with van der Waals surface area (Å²) in [6, 6.07) is 39.3. The second kappa shape index (κ2) is 13.4. The number of benzene rings is 2. The third-order valence-corrected chi connectivity index (χ3v) is 14.2. The van der Waals surface area contributed by atoms with Crippen LogP contribution in [0.15, 0.2) is 109 Å². The molecule has 1 unspecified atom stereocenters. The Kier molecular flexibility index (Phi) is 11.7. The SMILES string of the molecule is CC(C)(C)P([c-]1cccc1C(C)(I)P(c1ccccc1)c1ccccc1)C(C)(C)C.[Fe].[cH-]1[cH-][cH-][cH-][cH-]1. The summed E-state index contributed by atoms with van der Waals surface area (Å²) in [6.07, 6.45) is 0. The molecule has 0 aliphatic carbocycles. The average molecular weight is 668 g/mol. The second-order valence-electron chi connectivity index (χ2n) is 10.9. The normalized spacial score (nSPS) is 13.5. The summed E-state index contributed by atoms with van der Waals surface area (Å²) >= 11 is 2.76. The zero-order valence-electron chi connectivity index (χ0n) is 22.5. The first kappa shape index (κ1) is 31.5. The first-order chi connectivity index (χ1) is 16.4. The Hall–Kier alpha value is -0.751. The van der Waals surface area contributed by atoms with Crippen LogP contribution in [0, 0.1) is 0 Å². The monoisotopic (exact) mass is 668 g/mol. The van der Waals surface area contributed by atoms with E-state index in [0.29, 0.717) is 0 Å². The minimum Gasteiger partial charge on any atom is -0.748 e. The molecular formula is C32H39FeIP2-6. The van der Waals surface area contributed by atoms with Gasteiger partial charge in [0.1, 0.15) is 0 Å². The Morgan fingerprint density at radius 1 is 0.611 bits per heavy atom. The van der Waals surface area contributed by atoms with Gasteiger partial charge in [-0.25, -0.2) is 12.1 Å². The maximum Gasteiger partial charge on any atom is 0.0498 e. The van der Waals surface area contributed by atoms with Crippen molar-refractivity contribution >= 4 is 54.3 Å². The van der Waals surface area contributed by atoms with Crippen molar-refractivity contribution in [2.75, 3.05) is 0 Å². The van der Waals surface area contributed by atoms with Crippen molar-refractivity contribution in [3.63, 3.8) is 0 Å². The number of hydrogen-bond acceptors (Lipinski definition) is 0. The van der Waals surface area contributed by atoms with Crippen molar-refractivity contribution in [2.45, 2.75) is 61.9 Å². The Morgan fingerprint density at radius 3 is 1.36 bits per heavy atom. The zero-order chi connectivity index (χ0) is 25.7. The minimum atomic E-state index is -0.560. The molecule has 0 N–H and O–H groups in total. The van der Waals surface area contributed by atoms with E-state index in [1.165, 1.54) is 16.2 Å². The topological polar surface area (TPSA) is 0 Å². The fourth-order valence-corrected chi connectivity index (χ4v) is 14.3. The van der Waals surface area contributed by atoms with E-state index in [0.717, 1.165) is 0 Å². The third-order valence-electron chi connectivity index (χ3n) is 5.87. The molecule has 1 atom stereocenters. The van der Waals surface area contributed by atoms with Crippen LogP contribution in [0.25, 0.3) is 0 Å². The van der Waals surface area contributed by atoms with E-state index in [2.05, 4.69) is 150 Å². The predicted octanol–water partition coefficient (Wildman–Crippen LogP) is 9.25. The zero-order valence-corrected chi connectivity index (χ0v) is 27.6. The van der Waals surface area contributed by atoms with E-state index in [-0.39, 0.29) is 38.5 Å². The van der Waals surface area contributed by atoms with Crippen LogP contribution in [-0.2, 0) is 20.2 Å². The summed E-state index contributed by atoms with van der Waals surface area (Å²) < 4.78 is 0.00567. The van der Waals surface area contributed by atoms with Crippen LogP contribution in [0.5, 0.6) is 0 Å². The van der Waals surface area contributed by atoms with E-state index in [1.54, 1.807) is 5.30 Å². The van der Waals surface area contributed by atoms with Gasteiger partial charge in [0, 0.05) is 20.2 Å². The molecule has 4 rings (SSSR count). The van der Waals surface area contributed by atoms with E-state index >= 15 is 0 Å². The fourth-order valence-electron chi connectivity index (χ4n) is 4.95. The summed E-state index contributed by atoms with van der Waals surface area (Å²) in [6.45, 7) is 17.0. The molecule has 4 aromatic carbocycles. The minimum absolute atomic E-state index is 0. The predicted molar refractivity (Wildman–Crippen MR) is 171 cm³/mol. The molecule has 36 heavy (non-hydrogen) atoms. The summed E-state index contributed by atoms with van der Waals surface area (Å²) in [5, 5.41) is 4.98. The molecule has 0 aliphatic rings. The van der Waals surface area contributed by atoms with Gasteiger partial charge in [-0.3, -0.25) is 0 Å². The van der Waals surface area contributed by atoms with Gasteiger partial charge in [0.2, 0.25) is 0 Å². The van der Waals surface area contributed by atoms with Crippen molar-refractivity contribution in [1.82, 2.24) is 0 Å². The van der Waals surface area contributed by atoms with Crippen LogP contribution in [-0.4, -0.2) is 10.3 Å². The van der Waals surface area contributed by atoms with Gasteiger partial charge in [-0.05, 0) is 35.8 Å². The molecule has 0 saturated heterocycles. The van der Waals surface area contributed by atoms with Gasteiger partial charge < -0.3 is 30.3 Å². The summed E-state index contributed by atoms with van der Waals surface area (Å²) in [7, 11) is -0.903. The molecule has 0 aromatic heterocycles. The van der Waals surface area contributed by atoms with Gasteiger partial charge in [0.25, 0.3) is 0 Å². The molecule has 4 heteroatoms. The molecule has 4 aromatic rings. The van der Waals surface area contributed by atoms with Crippen molar-refractivity contribution in [3.8, 4) is 0 Å². The first-order valence-corrected chi connectivity index (χ1v) is 16.0. The van der Waals surface area contributed by atoms with E-state index in [4.69, 9.17) is 0 Å². The third kappa shape index (κ3) is 7.88. The van der Waals surface area contributed by atoms with Crippen LogP contribution in [0.2, 0.25) is 0 Å². The van der Waals surface area contributed by atoms with Crippen LogP contribution in [0.1, 0.15) is 54.0 Å². The number of rotatable bonds is 5. The maximum atomic E-state index is 2.76. The second-order valence-corrected chi connectivity index (χ2v) is 20.4. The van der Waals surface area contributed by atoms with E-state index in [1.807, 2.05) is 30.3 Å². The molecule has 0 nitrogen and oxygen atoms in total.